The Kier molecular flexibility index (Phi) is 4.49. The maximum atomic E-state index is 12.5. The molecule has 1 aliphatic heterocycles. The second-order valence-corrected chi connectivity index (χ2v) is 6.73. The van der Waals surface area contributed by atoms with Gasteiger partial charge in [-0.05, 0) is 26.0 Å². The molecule has 0 saturated carbocycles. The van der Waals surface area contributed by atoms with Gasteiger partial charge in [0, 0.05) is 49.3 Å². The molecule has 0 atom stereocenters. The minimum absolute atomic E-state index is 0.165. The fourth-order valence-electron chi connectivity index (χ4n) is 3.08. The number of ether oxygens (including phenoxy) is 1. The van der Waals surface area contributed by atoms with Crippen LogP contribution in [0.4, 0.5) is 5.69 Å². The molecule has 4 heterocycles. The number of methoxy groups -OCH3 is 1. The molecule has 1 fully saturated rings. The van der Waals surface area contributed by atoms with Gasteiger partial charge >= 0.3 is 0 Å². The predicted molar refractivity (Wildman–Crippen MR) is 99.8 cm³/mol. The van der Waals surface area contributed by atoms with Gasteiger partial charge in [-0.2, -0.15) is 5.10 Å². The number of nitrogens with zero attached hydrogens (tertiary/aromatic N) is 5. The van der Waals surface area contributed by atoms with Crippen molar-refractivity contribution in [3.63, 3.8) is 0 Å². The lowest BCUT2D eigenvalue weighted by atomic mass is 10.1. The Bertz CT molecular complexity index is 1000. The van der Waals surface area contributed by atoms with E-state index in [0.717, 1.165) is 35.6 Å². The summed E-state index contributed by atoms with van der Waals surface area (Å²) < 4.78 is 12.1. The van der Waals surface area contributed by atoms with Crippen molar-refractivity contribution in [2.24, 2.45) is 0 Å². The van der Waals surface area contributed by atoms with Gasteiger partial charge in [0.15, 0.2) is 0 Å². The Morgan fingerprint density at radius 3 is 2.74 bits per heavy atom. The molecule has 0 aliphatic carbocycles. The van der Waals surface area contributed by atoms with Gasteiger partial charge in [0.25, 0.3) is 5.56 Å². The van der Waals surface area contributed by atoms with Gasteiger partial charge in [0.2, 0.25) is 0 Å². The van der Waals surface area contributed by atoms with Gasteiger partial charge < -0.3 is 14.2 Å². The van der Waals surface area contributed by atoms with Crippen LogP contribution < -0.4 is 10.5 Å². The highest BCUT2D eigenvalue weighted by atomic mass is 16.5. The molecule has 3 aromatic heterocycles. The molecule has 4 rings (SSSR count). The highest BCUT2D eigenvalue weighted by molar-refractivity contribution is 5.62. The Morgan fingerprint density at radius 1 is 1.26 bits per heavy atom. The van der Waals surface area contributed by atoms with Gasteiger partial charge in [-0.3, -0.25) is 9.78 Å². The fourth-order valence-corrected chi connectivity index (χ4v) is 3.08. The molecule has 140 valence electrons. The number of pyridine rings is 1. The standard InChI is InChI=1S/C19H21N5O3/c1-12-4-5-14(7-20-12)19-17(13(2)27-22-19)11-24-18(25)6-15(8-21-24)23-9-16(10-23)26-3/h4-8,16H,9-11H2,1-3H3. The lowest BCUT2D eigenvalue weighted by molar-refractivity contribution is 0.0787. The van der Waals surface area contributed by atoms with Gasteiger partial charge in [0.05, 0.1) is 24.5 Å². The van der Waals surface area contributed by atoms with Gasteiger partial charge in [-0.15, -0.1) is 0 Å². The van der Waals surface area contributed by atoms with E-state index < -0.39 is 0 Å². The van der Waals surface area contributed by atoms with Crippen LogP contribution in [0.25, 0.3) is 11.3 Å². The topological polar surface area (TPSA) is 86.3 Å². The molecule has 3 aromatic rings. The quantitative estimate of drug-likeness (QED) is 0.679. The zero-order valence-electron chi connectivity index (χ0n) is 15.5. The molecule has 0 aromatic carbocycles. The Hall–Kier alpha value is -3.00. The summed E-state index contributed by atoms with van der Waals surface area (Å²) in [4.78, 5) is 18.9. The van der Waals surface area contributed by atoms with Gasteiger partial charge in [-0.1, -0.05) is 5.16 Å². The highest BCUT2D eigenvalue weighted by Crippen LogP contribution is 2.25. The normalized spacial score (nSPS) is 14.4. The van der Waals surface area contributed by atoms with Crippen LogP contribution in [-0.2, 0) is 11.3 Å². The molecule has 0 amide bonds. The SMILES string of the molecule is COC1CN(c2cnn(Cc3c(-c4ccc(C)nc4)noc3C)c(=O)c2)C1. The summed E-state index contributed by atoms with van der Waals surface area (Å²) in [5, 5.41) is 8.48. The van der Waals surface area contributed by atoms with E-state index >= 15 is 0 Å². The number of aromatic nitrogens is 4. The van der Waals surface area contributed by atoms with Crippen molar-refractivity contribution in [3.8, 4) is 11.3 Å². The van der Waals surface area contributed by atoms with E-state index in [1.54, 1.807) is 25.6 Å². The Morgan fingerprint density at radius 2 is 2.07 bits per heavy atom. The summed E-state index contributed by atoms with van der Waals surface area (Å²) in [6, 6.07) is 5.47. The largest absolute Gasteiger partial charge is 0.378 e. The molecule has 0 bridgehead atoms. The maximum Gasteiger partial charge on any atom is 0.269 e. The average molecular weight is 367 g/mol. The summed E-state index contributed by atoms with van der Waals surface area (Å²) >= 11 is 0. The van der Waals surface area contributed by atoms with Crippen LogP contribution in [0.1, 0.15) is 17.0 Å². The highest BCUT2D eigenvalue weighted by Gasteiger charge is 2.27. The average Bonchev–Trinajstić information content (AvgIpc) is 2.98. The predicted octanol–water partition coefficient (Wildman–Crippen LogP) is 1.79. The molecule has 27 heavy (non-hydrogen) atoms. The van der Waals surface area contributed by atoms with Gasteiger partial charge in [0.1, 0.15) is 11.5 Å². The zero-order valence-corrected chi connectivity index (χ0v) is 15.5. The first-order valence-electron chi connectivity index (χ1n) is 8.78. The summed E-state index contributed by atoms with van der Waals surface area (Å²) in [7, 11) is 1.70. The van der Waals surface area contributed by atoms with Gasteiger partial charge in [-0.25, -0.2) is 4.68 Å². The van der Waals surface area contributed by atoms with Crippen LogP contribution in [0.3, 0.4) is 0 Å². The van der Waals surface area contributed by atoms with Crippen LogP contribution in [-0.4, -0.2) is 46.2 Å². The summed E-state index contributed by atoms with van der Waals surface area (Å²) in [5.74, 6) is 0.661. The minimum atomic E-state index is -0.165. The van der Waals surface area contributed by atoms with E-state index in [9.17, 15) is 4.79 Å². The number of aryl methyl sites for hydroxylation is 2. The van der Waals surface area contributed by atoms with E-state index in [1.165, 1.54) is 4.68 Å². The van der Waals surface area contributed by atoms with Crippen molar-refractivity contribution in [1.82, 2.24) is 19.9 Å². The lowest BCUT2D eigenvalue weighted by Gasteiger charge is -2.39. The fraction of sp³-hybridized carbons (Fsp3) is 0.368. The summed E-state index contributed by atoms with van der Waals surface area (Å²) in [6.45, 7) is 5.60. The van der Waals surface area contributed by atoms with Crippen molar-refractivity contribution in [1.29, 1.82) is 0 Å². The summed E-state index contributed by atoms with van der Waals surface area (Å²) in [5.41, 5.74) is 3.94. The van der Waals surface area contributed by atoms with E-state index in [0.29, 0.717) is 18.0 Å². The Labute approximate surface area is 156 Å². The van der Waals surface area contributed by atoms with Crippen LogP contribution in [0, 0.1) is 13.8 Å². The third kappa shape index (κ3) is 3.35. The molecular formula is C19H21N5O3. The first-order valence-corrected chi connectivity index (χ1v) is 8.78. The van der Waals surface area contributed by atoms with E-state index in [1.807, 2.05) is 26.0 Å². The molecular weight excluding hydrogens is 346 g/mol. The van der Waals surface area contributed by atoms with Crippen molar-refractivity contribution in [2.45, 2.75) is 26.5 Å². The molecule has 8 nitrogen and oxygen atoms in total. The zero-order chi connectivity index (χ0) is 19.0. The van der Waals surface area contributed by atoms with Crippen molar-refractivity contribution in [2.75, 3.05) is 25.1 Å². The van der Waals surface area contributed by atoms with E-state index in [2.05, 4.69) is 20.1 Å². The van der Waals surface area contributed by atoms with Crippen molar-refractivity contribution in [3.05, 3.63) is 58.0 Å². The number of hydrogen-bond acceptors (Lipinski definition) is 7. The molecule has 0 spiro atoms. The molecule has 8 heteroatoms. The molecule has 0 radical (unpaired) electrons. The molecule has 1 aliphatic rings. The first kappa shape index (κ1) is 17.4. The van der Waals surface area contributed by atoms with Crippen LogP contribution in [0.15, 0.2) is 39.9 Å². The second-order valence-electron chi connectivity index (χ2n) is 6.73. The summed E-state index contributed by atoms with van der Waals surface area (Å²) in [6.07, 6.45) is 3.69. The molecule has 0 unspecified atom stereocenters. The van der Waals surface area contributed by atoms with Crippen molar-refractivity contribution < 1.29 is 9.26 Å². The maximum absolute atomic E-state index is 12.5. The van der Waals surface area contributed by atoms with Crippen LogP contribution >= 0.6 is 0 Å². The second kappa shape index (κ2) is 6.96. The number of hydrogen-bond donors (Lipinski definition) is 0. The van der Waals surface area contributed by atoms with E-state index in [-0.39, 0.29) is 11.7 Å². The van der Waals surface area contributed by atoms with E-state index in [4.69, 9.17) is 9.26 Å². The van der Waals surface area contributed by atoms with Crippen molar-refractivity contribution >= 4 is 5.69 Å². The Balaban J connectivity index is 1.59. The van der Waals surface area contributed by atoms with Crippen LogP contribution in [0.5, 0.6) is 0 Å². The van der Waals surface area contributed by atoms with Crippen LogP contribution in [0.2, 0.25) is 0 Å². The minimum Gasteiger partial charge on any atom is -0.378 e. The monoisotopic (exact) mass is 367 g/mol. The smallest absolute Gasteiger partial charge is 0.269 e. The third-order valence-corrected chi connectivity index (χ3v) is 4.88. The number of rotatable bonds is 5. The number of anilines is 1. The third-order valence-electron chi connectivity index (χ3n) is 4.88. The first-order chi connectivity index (χ1) is 13.0. The molecule has 0 N–H and O–H groups in total. The molecule has 1 saturated heterocycles. The lowest BCUT2D eigenvalue weighted by Crippen LogP contribution is -2.52.